The molecule has 1 aromatic heterocycles. The highest BCUT2D eigenvalue weighted by Gasteiger charge is 2.23. The van der Waals surface area contributed by atoms with Crippen molar-refractivity contribution in [2.75, 3.05) is 44.3 Å². The highest BCUT2D eigenvalue weighted by molar-refractivity contribution is 7.22. The molecule has 1 aliphatic rings. The smallest absolute Gasteiger partial charge is 0.269 e. The maximum Gasteiger partial charge on any atom is 0.269 e. The molecule has 0 aliphatic carbocycles. The number of ether oxygens (including phenoxy) is 1. The lowest BCUT2D eigenvalue weighted by Crippen LogP contribution is -2.43. The molecule has 2 heterocycles. The third-order valence-electron chi connectivity index (χ3n) is 5.08. The van der Waals surface area contributed by atoms with E-state index in [0.29, 0.717) is 37.0 Å². The van der Waals surface area contributed by atoms with Crippen LogP contribution in [0.2, 0.25) is 0 Å². The Balaban J connectivity index is 1.62. The Kier molecular flexibility index (Phi) is 6.03. The van der Waals surface area contributed by atoms with E-state index in [0.717, 1.165) is 28.9 Å². The second kappa shape index (κ2) is 8.86. The van der Waals surface area contributed by atoms with Gasteiger partial charge in [-0.2, -0.15) is 0 Å². The van der Waals surface area contributed by atoms with Gasteiger partial charge in [0.1, 0.15) is 0 Å². The third-order valence-corrected chi connectivity index (χ3v) is 6.12. The zero-order valence-electron chi connectivity index (χ0n) is 16.6. The second-order valence-corrected chi connectivity index (χ2v) is 8.19. The van der Waals surface area contributed by atoms with Gasteiger partial charge in [0, 0.05) is 43.9 Å². The molecular weight excluding hydrogens is 404 g/mol. The number of aromatic nitrogens is 1. The summed E-state index contributed by atoms with van der Waals surface area (Å²) < 4.78 is 6.43. The molecule has 0 unspecified atom stereocenters. The number of aryl methyl sites for hydroxylation is 1. The van der Waals surface area contributed by atoms with Crippen molar-refractivity contribution in [1.29, 1.82) is 0 Å². The van der Waals surface area contributed by atoms with Gasteiger partial charge in [-0.05, 0) is 36.8 Å². The first-order valence-electron chi connectivity index (χ1n) is 9.75. The van der Waals surface area contributed by atoms with Crippen molar-refractivity contribution in [2.45, 2.75) is 6.92 Å². The van der Waals surface area contributed by atoms with E-state index in [2.05, 4.69) is 16.0 Å². The molecule has 3 aromatic rings. The summed E-state index contributed by atoms with van der Waals surface area (Å²) >= 11 is 1.48. The van der Waals surface area contributed by atoms with Crippen LogP contribution in [0.5, 0.6) is 0 Å². The fraction of sp³-hybridized carbons (Fsp3) is 0.333. The van der Waals surface area contributed by atoms with Gasteiger partial charge < -0.3 is 4.74 Å². The first kappa shape index (κ1) is 20.4. The first-order chi connectivity index (χ1) is 14.5. The SMILES string of the molecule is Cc1ccc2nc(N(CCN3CCOCC3)C(=O)c3ccc([N+](=O)[O-])cc3)sc2c1. The number of anilines is 1. The van der Waals surface area contributed by atoms with Gasteiger partial charge >= 0.3 is 0 Å². The zero-order chi connectivity index (χ0) is 21.1. The molecule has 1 aliphatic heterocycles. The summed E-state index contributed by atoms with van der Waals surface area (Å²) in [5.74, 6) is -0.214. The molecule has 0 bridgehead atoms. The van der Waals surface area contributed by atoms with Crippen molar-refractivity contribution < 1.29 is 14.5 Å². The van der Waals surface area contributed by atoms with Crippen molar-refractivity contribution in [1.82, 2.24) is 9.88 Å². The topological polar surface area (TPSA) is 88.8 Å². The van der Waals surface area contributed by atoms with Crippen LogP contribution in [0.25, 0.3) is 10.2 Å². The van der Waals surface area contributed by atoms with Gasteiger partial charge in [-0.1, -0.05) is 17.4 Å². The molecule has 156 valence electrons. The molecule has 0 spiro atoms. The number of carbonyl (C=O) groups is 1. The van der Waals surface area contributed by atoms with Gasteiger partial charge in [-0.15, -0.1) is 0 Å². The van der Waals surface area contributed by atoms with Crippen LogP contribution in [0.3, 0.4) is 0 Å². The van der Waals surface area contributed by atoms with Crippen LogP contribution in [0.15, 0.2) is 42.5 Å². The predicted octanol–water partition coefficient (Wildman–Crippen LogP) is 3.49. The third kappa shape index (κ3) is 4.48. The van der Waals surface area contributed by atoms with Crippen molar-refractivity contribution in [3.05, 3.63) is 63.7 Å². The summed E-state index contributed by atoms with van der Waals surface area (Å²) in [6, 6.07) is 11.7. The van der Waals surface area contributed by atoms with Crippen molar-refractivity contribution in [3.8, 4) is 0 Å². The van der Waals surface area contributed by atoms with Gasteiger partial charge in [0.05, 0.1) is 28.4 Å². The van der Waals surface area contributed by atoms with Gasteiger partial charge in [-0.25, -0.2) is 4.98 Å². The summed E-state index contributed by atoms with van der Waals surface area (Å²) in [5.41, 5.74) is 2.35. The van der Waals surface area contributed by atoms with Gasteiger partial charge in [0.15, 0.2) is 5.13 Å². The molecule has 0 atom stereocenters. The van der Waals surface area contributed by atoms with E-state index in [1.807, 2.05) is 19.1 Å². The second-order valence-electron chi connectivity index (χ2n) is 7.18. The largest absolute Gasteiger partial charge is 0.379 e. The minimum Gasteiger partial charge on any atom is -0.379 e. The molecule has 2 aromatic carbocycles. The Morgan fingerprint density at radius 1 is 1.23 bits per heavy atom. The number of nitrogens with zero attached hydrogens (tertiary/aromatic N) is 4. The number of morpholine rings is 1. The normalized spacial score (nSPS) is 14.7. The van der Waals surface area contributed by atoms with E-state index in [1.165, 1.54) is 35.6 Å². The van der Waals surface area contributed by atoms with Crippen molar-refractivity contribution in [3.63, 3.8) is 0 Å². The van der Waals surface area contributed by atoms with Crippen molar-refractivity contribution in [2.24, 2.45) is 0 Å². The Morgan fingerprint density at radius 2 is 1.97 bits per heavy atom. The molecule has 0 saturated carbocycles. The number of benzene rings is 2. The highest BCUT2D eigenvalue weighted by atomic mass is 32.1. The van der Waals surface area contributed by atoms with Crippen LogP contribution < -0.4 is 4.90 Å². The maximum atomic E-state index is 13.3. The van der Waals surface area contributed by atoms with Crippen LogP contribution in [0, 0.1) is 17.0 Å². The minimum atomic E-state index is -0.472. The number of carbonyl (C=O) groups excluding carboxylic acids is 1. The van der Waals surface area contributed by atoms with E-state index in [9.17, 15) is 14.9 Å². The lowest BCUT2D eigenvalue weighted by Gasteiger charge is -2.29. The summed E-state index contributed by atoms with van der Waals surface area (Å²) in [6.45, 7) is 6.26. The standard InChI is InChI=1S/C21H22N4O4S/c1-15-2-7-18-19(14-15)30-21(22-18)24(9-8-23-10-12-29-13-11-23)20(26)16-3-5-17(6-4-16)25(27)28/h2-7,14H,8-13H2,1H3. The number of thiazole rings is 1. The van der Waals surface area contributed by atoms with Crippen LogP contribution in [0.1, 0.15) is 15.9 Å². The molecule has 30 heavy (non-hydrogen) atoms. The molecule has 1 saturated heterocycles. The maximum absolute atomic E-state index is 13.3. The van der Waals surface area contributed by atoms with E-state index >= 15 is 0 Å². The molecule has 9 heteroatoms. The van der Waals surface area contributed by atoms with E-state index in [4.69, 9.17) is 4.74 Å². The first-order valence-corrected chi connectivity index (χ1v) is 10.6. The van der Waals surface area contributed by atoms with Gasteiger partial charge in [-0.3, -0.25) is 24.7 Å². The fourth-order valence-corrected chi connectivity index (χ4v) is 4.46. The molecular formula is C21H22N4O4S. The summed E-state index contributed by atoms with van der Waals surface area (Å²) in [5, 5.41) is 11.6. The Labute approximate surface area is 177 Å². The molecule has 0 N–H and O–H groups in total. The Hall–Kier alpha value is -2.88. The van der Waals surface area contributed by atoms with Gasteiger partial charge in [0.2, 0.25) is 0 Å². The van der Waals surface area contributed by atoms with Crippen LogP contribution in [0.4, 0.5) is 10.8 Å². The highest BCUT2D eigenvalue weighted by Crippen LogP contribution is 2.30. The lowest BCUT2D eigenvalue weighted by atomic mass is 10.2. The number of nitro groups is 1. The molecule has 4 rings (SSSR count). The number of non-ortho nitro benzene ring substituents is 1. The zero-order valence-corrected chi connectivity index (χ0v) is 17.4. The number of rotatable bonds is 6. The van der Waals surface area contributed by atoms with Crippen LogP contribution in [-0.2, 0) is 4.74 Å². The summed E-state index contributed by atoms with van der Waals surface area (Å²) in [6.07, 6.45) is 0. The minimum absolute atomic E-state index is 0.0399. The molecule has 1 amide bonds. The van der Waals surface area contributed by atoms with E-state index in [1.54, 1.807) is 4.90 Å². The average molecular weight is 426 g/mol. The number of nitro benzene ring substituents is 1. The predicted molar refractivity (Wildman–Crippen MR) is 116 cm³/mol. The van der Waals surface area contributed by atoms with E-state index < -0.39 is 4.92 Å². The average Bonchev–Trinajstić information content (AvgIpc) is 3.17. The number of amides is 1. The number of fused-ring (bicyclic) bond motifs is 1. The van der Waals surface area contributed by atoms with E-state index in [-0.39, 0.29) is 11.6 Å². The van der Waals surface area contributed by atoms with Gasteiger partial charge in [0.25, 0.3) is 11.6 Å². The monoisotopic (exact) mass is 426 g/mol. The molecule has 1 fully saturated rings. The number of hydrogen-bond acceptors (Lipinski definition) is 7. The fourth-order valence-electron chi connectivity index (χ4n) is 3.37. The lowest BCUT2D eigenvalue weighted by molar-refractivity contribution is -0.384. The Morgan fingerprint density at radius 3 is 2.67 bits per heavy atom. The Bertz CT molecular complexity index is 1060. The van der Waals surface area contributed by atoms with Crippen LogP contribution in [-0.4, -0.2) is 60.1 Å². The number of hydrogen-bond donors (Lipinski definition) is 0. The quantitative estimate of drug-likeness (QED) is 0.443. The van der Waals surface area contributed by atoms with Crippen LogP contribution >= 0.6 is 11.3 Å². The summed E-state index contributed by atoms with van der Waals surface area (Å²) in [7, 11) is 0. The van der Waals surface area contributed by atoms with Crippen molar-refractivity contribution >= 4 is 38.3 Å². The molecule has 8 nitrogen and oxygen atoms in total. The summed E-state index contributed by atoms with van der Waals surface area (Å²) in [4.78, 5) is 32.4. The molecule has 0 radical (unpaired) electrons.